The number of alkyl halides is 3. The first-order valence-electron chi connectivity index (χ1n) is 6.74. The summed E-state index contributed by atoms with van der Waals surface area (Å²) in [5.41, 5.74) is -1.34. The number of halogens is 4. The van der Waals surface area contributed by atoms with Gasteiger partial charge in [-0.15, -0.1) is 0 Å². The maximum Gasteiger partial charge on any atom is 0.449 e. The van der Waals surface area contributed by atoms with E-state index in [2.05, 4.69) is 19.9 Å². The number of nitrogens with zero attached hydrogens (tertiary/aromatic N) is 5. The van der Waals surface area contributed by atoms with Crippen molar-refractivity contribution in [3.05, 3.63) is 39.8 Å². The molecule has 3 heterocycles. The van der Waals surface area contributed by atoms with Crippen LogP contribution < -0.4 is 10.3 Å². The van der Waals surface area contributed by atoms with Gasteiger partial charge in [-0.2, -0.15) is 13.2 Å². The molecule has 3 aromatic heterocycles. The van der Waals surface area contributed by atoms with Crippen molar-refractivity contribution < 1.29 is 17.9 Å². The highest BCUT2D eigenvalue weighted by Gasteiger charge is 2.37. The summed E-state index contributed by atoms with van der Waals surface area (Å²) in [5.74, 6) is -1.06. The van der Waals surface area contributed by atoms with E-state index in [9.17, 15) is 18.0 Å². The molecule has 130 valence electrons. The van der Waals surface area contributed by atoms with E-state index in [1.807, 2.05) is 0 Å². The van der Waals surface area contributed by atoms with Crippen LogP contribution in [0.2, 0.25) is 5.28 Å². The van der Waals surface area contributed by atoms with Crippen LogP contribution in [0, 0.1) is 0 Å². The van der Waals surface area contributed by atoms with Gasteiger partial charge in [-0.25, -0.2) is 19.9 Å². The van der Waals surface area contributed by atoms with Gasteiger partial charge in [-0.3, -0.25) is 9.36 Å². The van der Waals surface area contributed by atoms with Crippen LogP contribution in [0.15, 0.2) is 23.1 Å². The Balaban J connectivity index is 2.38. The Kier molecular flexibility index (Phi) is 4.07. The molecule has 0 bridgehead atoms. The molecule has 0 unspecified atom stereocenters. The molecule has 0 amide bonds. The summed E-state index contributed by atoms with van der Waals surface area (Å²) in [5, 5.41) is -0.294. The number of pyridine rings is 1. The fraction of sp³-hybridized carbons (Fsp3) is 0.214. The SMILES string of the molecule is COc1ccc(-c2nc(Cl)nc3c(=O)n(C)c(C(F)(F)F)nc23)cn1. The maximum absolute atomic E-state index is 13.2. The zero-order chi connectivity index (χ0) is 18.4. The fourth-order valence-corrected chi connectivity index (χ4v) is 2.38. The van der Waals surface area contributed by atoms with E-state index >= 15 is 0 Å². The van der Waals surface area contributed by atoms with Crippen LogP contribution >= 0.6 is 11.6 Å². The Labute approximate surface area is 143 Å². The van der Waals surface area contributed by atoms with Crippen LogP contribution in [0.5, 0.6) is 5.88 Å². The molecular formula is C14H9ClF3N5O2. The smallest absolute Gasteiger partial charge is 0.449 e. The number of aromatic nitrogens is 5. The van der Waals surface area contributed by atoms with Gasteiger partial charge in [0.1, 0.15) is 11.2 Å². The predicted molar refractivity (Wildman–Crippen MR) is 82.4 cm³/mol. The number of hydrogen-bond donors (Lipinski definition) is 0. The molecule has 11 heteroatoms. The summed E-state index contributed by atoms with van der Waals surface area (Å²) in [7, 11) is 2.38. The topological polar surface area (TPSA) is 82.8 Å². The van der Waals surface area contributed by atoms with Gasteiger partial charge in [-0.05, 0) is 17.7 Å². The van der Waals surface area contributed by atoms with E-state index in [0.717, 1.165) is 7.05 Å². The summed E-state index contributed by atoms with van der Waals surface area (Å²) >= 11 is 5.82. The molecule has 0 saturated carbocycles. The third kappa shape index (κ3) is 3.00. The highest BCUT2D eigenvalue weighted by molar-refractivity contribution is 6.28. The molecule has 0 aliphatic heterocycles. The summed E-state index contributed by atoms with van der Waals surface area (Å²) in [4.78, 5) is 27.4. The Morgan fingerprint density at radius 1 is 1.16 bits per heavy atom. The van der Waals surface area contributed by atoms with Crippen molar-refractivity contribution in [1.29, 1.82) is 0 Å². The first-order valence-corrected chi connectivity index (χ1v) is 7.12. The van der Waals surface area contributed by atoms with E-state index in [-0.39, 0.29) is 22.0 Å². The van der Waals surface area contributed by atoms with Crippen LogP contribution in [-0.2, 0) is 13.2 Å². The first-order chi connectivity index (χ1) is 11.7. The second-order valence-electron chi connectivity index (χ2n) is 4.93. The lowest BCUT2D eigenvalue weighted by molar-refractivity contribution is -0.147. The number of ether oxygens (including phenoxy) is 1. The number of methoxy groups -OCH3 is 1. The standard InChI is InChI=1S/C14H9ClF3N5O2/c1-23-11(24)10-9(20-12(23)14(16,17)18)8(21-13(15)22-10)6-3-4-7(25-2)19-5-6/h3-5H,1-2H3. The van der Waals surface area contributed by atoms with E-state index < -0.39 is 17.6 Å². The Hall–Kier alpha value is -2.75. The summed E-state index contributed by atoms with van der Waals surface area (Å²) < 4.78 is 44.8. The number of fused-ring (bicyclic) bond motifs is 1. The van der Waals surface area contributed by atoms with Crippen molar-refractivity contribution in [1.82, 2.24) is 24.5 Å². The van der Waals surface area contributed by atoms with Crippen molar-refractivity contribution in [2.45, 2.75) is 6.18 Å². The van der Waals surface area contributed by atoms with Crippen molar-refractivity contribution in [2.24, 2.45) is 7.05 Å². The molecule has 0 spiro atoms. The molecule has 3 rings (SSSR count). The zero-order valence-electron chi connectivity index (χ0n) is 12.8. The van der Waals surface area contributed by atoms with Crippen molar-refractivity contribution in [3.63, 3.8) is 0 Å². The minimum atomic E-state index is -4.82. The van der Waals surface area contributed by atoms with Crippen LogP contribution in [0.4, 0.5) is 13.2 Å². The Bertz CT molecular complexity index is 1020. The average Bonchev–Trinajstić information content (AvgIpc) is 2.57. The number of hydrogen-bond acceptors (Lipinski definition) is 6. The van der Waals surface area contributed by atoms with E-state index in [1.165, 1.54) is 25.4 Å². The van der Waals surface area contributed by atoms with Gasteiger partial charge in [0.2, 0.25) is 17.0 Å². The molecule has 0 fully saturated rings. The van der Waals surface area contributed by atoms with Crippen LogP contribution in [0.3, 0.4) is 0 Å². The van der Waals surface area contributed by atoms with Crippen LogP contribution in [-0.4, -0.2) is 31.6 Å². The molecule has 0 saturated heterocycles. The molecule has 0 aliphatic carbocycles. The average molecular weight is 372 g/mol. The summed E-state index contributed by atoms with van der Waals surface area (Å²) in [6.07, 6.45) is -3.50. The molecule has 25 heavy (non-hydrogen) atoms. The minimum Gasteiger partial charge on any atom is -0.481 e. The second kappa shape index (κ2) is 5.96. The molecule has 0 atom stereocenters. The van der Waals surface area contributed by atoms with Crippen molar-refractivity contribution in [2.75, 3.05) is 7.11 Å². The van der Waals surface area contributed by atoms with Gasteiger partial charge < -0.3 is 4.74 Å². The van der Waals surface area contributed by atoms with Gasteiger partial charge in [0, 0.05) is 24.9 Å². The summed E-state index contributed by atoms with van der Waals surface area (Å²) in [6, 6.07) is 3.00. The van der Waals surface area contributed by atoms with E-state index in [1.54, 1.807) is 0 Å². The highest BCUT2D eigenvalue weighted by Crippen LogP contribution is 2.30. The van der Waals surface area contributed by atoms with Crippen molar-refractivity contribution in [3.8, 4) is 17.1 Å². The Morgan fingerprint density at radius 2 is 1.88 bits per heavy atom. The van der Waals surface area contributed by atoms with E-state index in [4.69, 9.17) is 16.3 Å². The monoisotopic (exact) mass is 371 g/mol. The third-order valence-corrected chi connectivity index (χ3v) is 3.54. The van der Waals surface area contributed by atoms with Gasteiger partial charge >= 0.3 is 6.18 Å². The van der Waals surface area contributed by atoms with Gasteiger partial charge in [0.05, 0.1) is 7.11 Å². The molecule has 0 radical (unpaired) electrons. The first kappa shape index (κ1) is 17.1. The molecule has 0 aromatic carbocycles. The van der Waals surface area contributed by atoms with Crippen molar-refractivity contribution >= 4 is 22.6 Å². The lowest BCUT2D eigenvalue weighted by Crippen LogP contribution is -2.28. The summed E-state index contributed by atoms with van der Waals surface area (Å²) in [6.45, 7) is 0. The molecule has 0 N–H and O–H groups in total. The third-order valence-electron chi connectivity index (χ3n) is 3.37. The number of rotatable bonds is 2. The second-order valence-corrected chi connectivity index (χ2v) is 5.26. The van der Waals surface area contributed by atoms with Crippen LogP contribution in [0.25, 0.3) is 22.3 Å². The quantitative estimate of drug-likeness (QED) is 0.643. The lowest BCUT2D eigenvalue weighted by atomic mass is 10.1. The maximum atomic E-state index is 13.2. The van der Waals surface area contributed by atoms with Gasteiger partial charge in [-0.1, -0.05) is 0 Å². The fourth-order valence-electron chi connectivity index (χ4n) is 2.21. The predicted octanol–water partition coefficient (Wildman–Crippen LogP) is 2.47. The van der Waals surface area contributed by atoms with E-state index in [0.29, 0.717) is 16.0 Å². The minimum absolute atomic E-state index is 0.0339. The highest BCUT2D eigenvalue weighted by atomic mass is 35.5. The van der Waals surface area contributed by atoms with Crippen LogP contribution in [0.1, 0.15) is 5.82 Å². The largest absolute Gasteiger partial charge is 0.481 e. The zero-order valence-corrected chi connectivity index (χ0v) is 13.6. The van der Waals surface area contributed by atoms with Gasteiger partial charge in [0.15, 0.2) is 5.52 Å². The lowest BCUT2D eigenvalue weighted by Gasteiger charge is -2.13. The Morgan fingerprint density at radius 3 is 2.44 bits per heavy atom. The molecule has 0 aliphatic rings. The molecular weight excluding hydrogens is 363 g/mol. The molecule has 7 nitrogen and oxygen atoms in total. The normalized spacial score (nSPS) is 11.8. The van der Waals surface area contributed by atoms with Gasteiger partial charge in [0.25, 0.3) is 5.56 Å². The molecule has 3 aromatic rings.